The highest BCUT2D eigenvalue weighted by molar-refractivity contribution is 5.92. The summed E-state index contributed by atoms with van der Waals surface area (Å²) in [6.45, 7) is 0.658. The zero-order valence-electron chi connectivity index (χ0n) is 12.8. The van der Waals surface area contributed by atoms with Crippen molar-refractivity contribution < 1.29 is 4.79 Å². The van der Waals surface area contributed by atoms with Crippen LogP contribution in [0.1, 0.15) is 55.7 Å². The Bertz CT molecular complexity index is 523. The molecule has 0 saturated heterocycles. The molecule has 0 aromatic heterocycles. The lowest BCUT2D eigenvalue weighted by Gasteiger charge is -2.28. The summed E-state index contributed by atoms with van der Waals surface area (Å²) in [5.41, 5.74) is 9.70. The van der Waals surface area contributed by atoms with Crippen LogP contribution in [0.15, 0.2) is 18.2 Å². The summed E-state index contributed by atoms with van der Waals surface area (Å²) >= 11 is 0. The largest absolute Gasteiger partial charge is 0.324 e. The lowest BCUT2D eigenvalue weighted by molar-refractivity contribution is 0.218. The van der Waals surface area contributed by atoms with E-state index in [1.807, 2.05) is 13.1 Å². The second-order valence-corrected chi connectivity index (χ2v) is 6.55. The highest BCUT2D eigenvalue weighted by Gasteiger charge is 2.22. The number of carbonyl (C=O) groups is 1. The van der Waals surface area contributed by atoms with Crippen LogP contribution < -0.4 is 11.1 Å². The Morgan fingerprint density at radius 2 is 2.10 bits per heavy atom. The van der Waals surface area contributed by atoms with Gasteiger partial charge in [0.25, 0.3) is 0 Å². The Morgan fingerprint density at radius 3 is 2.86 bits per heavy atom. The number of rotatable bonds is 3. The molecule has 4 nitrogen and oxygen atoms in total. The van der Waals surface area contributed by atoms with Gasteiger partial charge in [-0.15, -0.1) is 0 Å². The molecular formula is C17H25N3O. The van der Waals surface area contributed by atoms with Crippen LogP contribution in [-0.4, -0.2) is 18.0 Å². The average molecular weight is 287 g/mol. The minimum Gasteiger partial charge on any atom is -0.324 e. The van der Waals surface area contributed by atoms with Crippen LogP contribution in [-0.2, 0) is 6.54 Å². The number of urea groups is 1. The van der Waals surface area contributed by atoms with Crippen molar-refractivity contribution in [3.63, 3.8) is 0 Å². The Morgan fingerprint density at radius 1 is 1.33 bits per heavy atom. The van der Waals surface area contributed by atoms with Gasteiger partial charge in [0.15, 0.2) is 0 Å². The number of hydrogen-bond donors (Lipinski definition) is 2. The SMILES string of the molecule is CN1Cc2cc(C(N)CC3CCCCC3)ccc2NC1=O. The summed E-state index contributed by atoms with van der Waals surface area (Å²) < 4.78 is 0. The van der Waals surface area contributed by atoms with Crippen LogP contribution in [0.2, 0.25) is 0 Å². The normalized spacial score (nSPS) is 20.9. The number of nitrogens with one attached hydrogen (secondary N) is 1. The van der Waals surface area contributed by atoms with Gasteiger partial charge in [0.05, 0.1) is 0 Å². The number of amides is 2. The summed E-state index contributed by atoms with van der Waals surface area (Å²) in [5.74, 6) is 0.784. The second kappa shape index (κ2) is 6.06. The molecule has 1 heterocycles. The maximum atomic E-state index is 11.6. The number of benzene rings is 1. The maximum absolute atomic E-state index is 11.6. The van der Waals surface area contributed by atoms with Gasteiger partial charge in [-0.1, -0.05) is 44.2 Å². The lowest BCUT2D eigenvalue weighted by Crippen LogP contribution is -2.35. The van der Waals surface area contributed by atoms with Gasteiger partial charge in [0, 0.05) is 25.3 Å². The van der Waals surface area contributed by atoms with Crippen molar-refractivity contribution >= 4 is 11.7 Å². The van der Waals surface area contributed by atoms with Gasteiger partial charge in [0.1, 0.15) is 0 Å². The molecule has 0 bridgehead atoms. The Hall–Kier alpha value is -1.55. The molecule has 1 aromatic rings. The molecule has 2 aliphatic rings. The van der Waals surface area contributed by atoms with Crippen LogP contribution in [0.3, 0.4) is 0 Å². The molecule has 21 heavy (non-hydrogen) atoms. The van der Waals surface area contributed by atoms with Crippen molar-refractivity contribution in [3.8, 4) is 0 Å². The van der Waals surface area contributed by atoms with E-state index in [0.717, 1.165) is 23.6 Å². The van der Waals surface area contributed by atoms with Gasteiger partial charge >= 0.3 is 6.03 Å². The summed E-state index contributed by atoms with van der Waals surface area (Å²) in [6.07, 6.45) is 7.85. The summed E-state index contributed by atoms with van der Waals surface area (Å²) in [5, 5.41) is 2.90. The third-order valence-corrected chi connectivity index (χ3v) is 4.87. The first-order valence-electron chi connectivity index (χ1n) is 8.04. The fourth-order valence-electron chi connectivity index (χ4n) is 3.55. The van der Waals surface area contributed by atoms with Gasteiger partial charge in [-0.2, -0.15) is 0 Å². The van der Waals surface area contributed by atoms with E-state index in [1.165, 1.54) is 37.7 Å². The molecule has 4 heteroatoms. The van der Waals surface area contributed by atoms with E-state index in [1.54, 1.807) is 4.90 Å². The van der Waals surface area contributed by atoms with E-state index < -0.39 is 0 Å². The highest BCUT2D eigenvalue weighted by Crippen LogP contribution is 2.32. The molecule has 1 saturated carbocycles. The van der Waals surface area contributed by atoms with E-state index in [9.17, 15) is 4.79 Å². The van der Waals surface area contributed by atoms with E-state index in [0.29, 0.717) is 6.54 Å². The van der Waals surface area contributed by atoms with Gasteiger partial charge in [0.2, 0.25) is 0 Å². The van der Waals surface area contributed by atoms with E-state index in [2.05, 4.69) is 17.4 Å². The molecule has 2 amide bonds. The molecule has 1 atom stereocenters. The molecule has 1 unspecified atom stereocenters. The topological polar surface area (TPSA) is 58.4 Å². The standard InChI is InChI=1S/C17H25N3O/c1-20-11-14-10-13(7-8-16(14)19-17(20)21)15(18)9-12-5-3-2-4-6-12/h7-8,10,12,15H,2-6,9,11,18H2,1H3,(H,19,21). The predicted octanol–water partition coefficient (Wildman–Crippen LogP) is 3.63. The number of hydrogen-bond acceptors (Lipinski definition) is 2. The van der Waals surface area contributed by atoms with Crippen LogP contribution in [0.25, 0.3) is 0 Å². The fourth-order valence-corrected chi connectivity index (χ4v) is 3.55. The third kappa shape index (κ3) is 3.21. The van der Waals surface area contributed by atoms with Crippen molar-refractivity contribution in [1.29, 1.82) is 0 Å². The van der Waals surface area contributed by atoms with Crippen molar-refractivity contribution in [1.82, 2.24) is 4.90 Å². The van der Waals surface area contributed by atoms with E-state index >= 15 is 0 Å². The second-order valence-electron chi connectivity index (χ2n) is 6.55. The molecule has 1 aliphatic heterocycles. The third-order valence-electron chi connectivity index (χ3n) is 4.87. The smallest absolute Gasteiger partial charge is 0.321 e. The first-order chi connectivity index (χ1) is 10.1. The first-order valence-corrected chi connectivity index (χ1v) is 8.04. The average Bonchev–Trinajstić information content (AvgIpc) is 2.49. The number of nitrogens with zero attached hydrogens (tertiary/aromatic N) is 1. The number of anilines is 1. The molecule has 114 valence electrons. The quantitative estimate of drug-likeness (QED) is 0.891. The van der Waals surface area contributed by atoms with Crippen molar-refractivity contribution in [3.05, 3.63) is 29.3 Å². The molecule has 3 N–H and O–H groups in total. The zero-order valence-corrected chi connectivity index (χ0v) is 12.8. The molecule has 3 rings (SSSR count). The van der Waals surface area contributed by atoms with Gasteiger partial charge in [-0.25, -0.2) is 4.79 Å². The van der Waals surface area contributed by atoms with Gasteiger partial charge in [-0.05, 0) is 29.5 Å². The summed E-state index contributed by atoms with van der Waals surface area (Å²) in [6, 6.07) is 6.30. The fraction of sp³-hybridized carbons (Fsp3) is 0.588. The highest BCUT2D eigenvalue weighted by atomic mass is 16.2. The predicted molar refractivity (Wildman–Crippen MR) is 85.0 cm³/mol. The Labute approximate surface area is 126 Å². The van der Waals surface area contributed by atoms with Gasteiger partial charge < -0.3 is 16.0 Å². The molecule has 1 aromatic carbocycles. The molecule has 0 radical (unpaired) electrons. The minimum absolute atomic E-state index is 0.0400. The maximum Gasteiger partial charge on any atom is 0.321 e. The lowest BCUT2D eigenvalue weighted by atomic mass is 9.83. The number of carbonyl (C=O) groups excluding carboxylic acids is 1. The van der Waals surface area contributed by atoms with Crippen LogP contribution in [0.5, 0.6) is 0 Å². The van der Waals surface area contributed by atoms with Crippen LogP contribution in [0, 0.1) is 5.92 Å². The summed E-state index contributed by atoms with van der Waals surface area (Å²) in [7, 11) is 1.81. The minimum atomic E-state index is -0.0400. The van der Waals surface area contributed by atoms with Crippen LogP contribution in [0.4, 0.5) is 10.5 Å². The van der Waals surface area contributed by atoms with Crippen LogP contribution >= 0.6 is 0 Å². The van der Waals surface area contributed by atoms with E-state index in [4.69, 9.17) is 5.73 Å². The Kier molecular flexibility index (Phi) is 4.15. The summed E-state index contributed by atoms with van der Waals surface area (Å²) in [4.78, 5) is 13.3. The molecule has 1 aliphatic carbocycles. The first kappa shape index (κ1) is 14.4. The van der Waals surface area contributed by atoms with Crippen molar-refractivity contribution in [2.24, 2.45) is 11.7 Å². The zero-order chi connectivity index (χ0) is 14.8. The van der Waals surface area contributed by atoms with Crippen molar-refractivity contribution in [2.75, 3.05) is 12.4 Å². The molecule has 0 spiro atoms. The molecule has 1 fully saturated rings. The monoisotopic (exact) mass is 287 g/mol. The van der Waals surface area contributed by atoms with Crippen molar-refractivity contribution in [2.45, 2.75) is 51.1 Å². The molecular weight excluding hydrogens is 262 g/mol. The Balaban J connectivity index is 1.70. The van der Waals surface area contributed by atoms with Gasteiger partial charge in [-0.3, -0.25) is 0 Å². The number of nitrogens with two attached hydrogens (primary N) is 1. The van der Waals surface area contributed by atoms with E-state index in [-0.39, 0.29) is 12.1 Å². The number of fused-ring (bicyclic) bond motifs is 1.